The minimum absolute atomic E-state index is 0.119. The number of nitrogens with one attached hydrogen (secondary N) is 3. The van der Waals surface area contributed by atoms with Gasteiger partial charge in [-0.15, -0.1) is 11.8 Å². The monoisotopic (exact) mass is 410 g/mol. The molecule has 0 aliphatic rings. The molecule has 5 nitrogen and oxygen atoms in total. The average Bonchev–Trinajstić information content (AvgIpc) is 2.63. The number of thioether (sulfide) groups is 1. The molecule has 0 spiro atoms. The van der Waals surface area contributed by atoms with Crippen molar-refractivity contribution in [2.45, 2.75) is 17.9 Å². The minimum Gasteiger partial charge on any atom is -0.320 e. The minimum atomic E-state index is -0.507. The summed E-state index contributed by atoms with van der Waals surface area (Å²) in [6.07, 6.45) is 1.94. The van der Waals surface area contributed by atoms with E-state index in [1.807, 2.05) is 30.5 Å². The van der Waals surface area contributed by atoms with Crippen LogP contribution in [0.15, 0.2) is 47.4 Å². The van der Waals surface area contributed by atoms with E-state index in [-0.39, 0.29) is 23.4 Å². The Bertz CT molecular complexity index is 834. The number of likely N-dealkylation sites (N-methyl/N-ethyl adjacent to an activating group) is 1. The van der Waals surface area contributed by atoms with Crippen molar-refractivity contribution in [3.8, 4) is 0 Å². The number of amides is 2. The van der Waals surface area contributed by atoms with E-state index in [1.165, 1.54) is 12.1 Å². The standard InChI is InChI=1S/C19H21ClFN3O2S/c1-12(19(26)23-15-9-8-13(21)10-14(15)20)24(2)11-18(25)22-16-6-4-5-7-17(16)27-3/h4-10,12H,11H2,1-3H3,(H,22,25)(H,23,26)/p+1/t12-/m0/s1. The summed E-state index contributed by atoms with van der Waals surface area (Å²) < 4.78 is 13.1. The topological polar surface area (TPSA) is 62.6 Å². The SMILES string of the molecule is CSc1ccccc1NC(=O)C[NH+](C)[C@@H](C)C(=O)Nc1ccc(F)cc1Cl. The number of carbonyl (C=O) groups is 2. The molecule has 1 unspecified atom stereocenters. The van der Waals surface area contributed by atoms with E-state index < -0.39 is 11.9 Å². The van der Waals surface area contributed by atoms with Gasteiger partial charge in [-0.25, -0.2) is 4.39 Å². The zero-order valence-electron chi connectivity index (χ0n) is 15.3. The smallest absolute Gasteiger partial charge is 0.282 e. The first kappa shape index (κ1) is 21.2. The highest BCUT2D eigenvalue weighted by Crippen LogP contribution is 2.24. The third-order valence-electron chi connectivity index (χ3n) is 4.14. The molecule has 0 aromatic heterocycles. The van der Waals surface area contributed by atoms with Crippen LogP contribution in [0.25, 0.3) is 0 Å². The van der Waals surface area contributed by atoms with Crippen LogP contribution in [-0.4, -0.2) is 37.7 Å². The highest BCUT2D eigenvalue weighted by molar-refractivity contribution is 7.98. The Morgan fingerprint density at radius 1 is 1.19 bits per heavy atom. The molecule has 2 atom stereocenters. The van der Waals surface area contributed by atoms with Gasteiger partial charge in [0.2, 0.25) is 0 Å². The number of rotatable bonds is 7. The van der Waals surface area contributed by atoms with Gasteiger partial charge in [0.1, 0.15) is 5.82 Å². The van der Waals surface area contributed by atoms with Crippen LogP contribution >= 0.6 is 23.4 Å². The third kappa shape index (κ3) is 5.95. The van der Waals surface area contributed by atoms with E-state index in [0.29, 0.717) is 10.6 Å². The highest BCUT2D eigenvalue weighted by atomic mass is 35.5. The summed E-state index contributed by atoms with van der Waals surface area (Å²) >= 11 is 7.48. The van der Waals surface area contributed by atoms with Crippen molar-refractivity contribution in [3.63, 3.8) is 0 Å². The summed E-state index contributed by atoms with van der Waals surface area (Å²) in [7, 11) is 1.76. The number of halogens is 2. The maximum absolute atomic E-state index is 13.1. The van der Waals surface area contributed by atoms with Crippen molar-refractivity contribution in [3.05, 3.63) is 53.3 Å². The van der Waals surface area contributed by atoms with Crippen molar-refractivity contribution in [1.82, 2.24) is 0 Å². The predicted molar refractivity (Wildman–Crippen MR) is 108 cm³/mol. The summed E-state index contributed by atoms with van der Waals surface area (Å²) in [4.78, 5) is 26.4. The summed E-state index contributed by atoms with van der Waals surface area (Å²) in [5, 5.41) is 5.67. The van der Waals surface area contributed by atoms with E-state index in [0.717, 1.165) is 16.6 Å². The first-order chi connectivity index (χ1) is 12.8. The van der Waals surface area contributed by atoms with Crippen molar-refractivity contribution < 1.29 is 18.9 Å². The third-order valence-corrected chi connectivity index (χ3v) is 5.25. The maximum Gasteiger partial charge on any atom is 0.282 e. The van der Waals surface area contributed by atoms with Crippen LogP contribution in [0.4, 0.5) is 15.8 Å². The van der Waals surface area contributed by atoms with E-state index in [4.69, 9.17) is 11.6 Å². The number of hydrogen-bond donors (Lipinski definition) is 3. The van der Waals surface area contributed by atoms with Gasteiger partial charge in [-0.1, -0.05) is 23.7 Å². The van der Waals surface area contributed by atoms with Crippen molar-refractivity contribution in [2.75, 3.05) is 30.5 Å². The molecule has 3 N–H and O–H groups in total. The van der Waals surface area contributed by atoms with E-state index in [2.05, 4.69) is 10.6 Å². The number of hydrogen-bond acceptors (Lipinski definition) is 3. The van der Waals surface area contributed by atoms with Crippen LogP contribution < -0.4 is 15.5 Å². The first-order valence-electron chi connectivity index (χ1n) is 8.33. The van der Waals surface area contributed by atoms with Crippen molar-refractivity contribution >= 4 is 46.6 Å². The Labute approximate surface area is 167 Å². The Hall–Kier alpha value is -2.09. The Kier molecular flexibility index (Phi) is 7.65. The summed E-state index contributed by atoms with van der Waals surface area (Å²) in [6, 6.07) is 10.8. The molecule has 0 saturated heterocycles. The lowest BCUT2D eigenvalue weighted by Gasteiger charge is -2.21. The predicted octanol–water partition coefficient (Wildman–Crippen LogP) is 2.68. The molecular formula is C19H22ClFN3O2S+. The fourth-order valence-electron chi connectivity index (χ4n) is 2.40. The molecule has 0 aliphatic carbocycles. The fraction of sp³-hybridized carbons (Fsp3) is 0.263. The molecular weight excluding hydrogens is 389 g/mol. The second kappa shape index (κ2) is 9.73. The van der Waals surface area contributed by atoms with Gasteiger partial charge in [0.15, 0.2) is 12.6 Å². The van der Waals surface area contributed by atoms with Gasteiger partial charge in [-0.2, -0.15) is 0 Å². The summed E-state index contributed by atoms with van der Waals surface area (Å²) in [6.45, 7) is 1.83. The zero-order chi connectivity index (χ0) is 20.0. The number of benzene rings is 2. The number of para-hydroxylation sites is 1. The van der Waals surface area contributed by atoms with Crippen molar-refractivity contribution in [2.24, 2.45) is 0 Å². The summed E-state index contributed by atoms with van der Waals surface area (Å²) in [5.41, 5.74) is 1.08. The molecule has 27 heavy (non-hydrogen) atoms. The molecule has 0 radical (unpaired) electrons. The Morgan fingerprint density at radius 2 is 1.89 bits per heavy atom. The molecule has 0 heterocycles. The Morgan fingerprint density at radius 3 is 2.56 bits per heavy atom. The average molecular weight is 411 g/mol. The van der Waals surface area contributed by atoms with Gasteiger partial charge in [0.25, 0.3) is 11.8 Å². The van der Waals surface area contributed by atoms with Crippen LogP contribution in [0.5, 0.6) is 0 Å². The maximum atomic E-state index is 13.1. The molecule has 2 rings (SSSR count). The molecule has 0 saturated carbocycles. The van der Waals surface area contributed by atoms with E-state index >= 15 is 0 Å². The highest BCUT2D eigenvalue weighted by Gasteiger charge is 2.24. The van der Waals surface area contributed by atoms with Crippen molar-refractivity contribution in [1.29, 1.82) is 0 Å². The van der Waals surface area contributed by atoms with Crippen LogP contribution in [0, 0.1) is 5.82 Å². The molecule has 144 valence electrons. The lowest BCUT2D eigenvalue weighted by molar-refractivity contribution is -0.885. The molecule has 8 heteroatoms. The van der Waals surface area contributed by atoms with Gasteiger partial charge in [-0.3, -0.25) is 9.59 Å². The van der Waals surface area contributed by atoms with Gasteiger partial charge in [0, 0.05) is 4.90 Å². The van der Waals surface area contributed by atoms with Gasteiger partial charge in [-0.05, 0) is 43.5 Å². The van der Waals surface area contributed by atoms with Crippen LogP contribution in [0.3, 0.4) is 0 Å². The quantitative estimate of drug-likeness (QED) is 0.615. The Balaban J connectivity index is 1.94. The molecule has 0 bridgehead atoms. The van der Waals surface area contributed by atoms with Crippen LogP contribution in [-0.2, 0) is 9.59 Å². The normalized spacial score (nSPS) is 12.9. The van der Waals surface area contributed by atoms with Gasteiger partial charge >= 0.3 is 0 Å². The molecule has 2 aromatic rings. The number of quaternary nitrogens is 1. The lowest BCUT2D eigenvalue weighted by Crippen LogP contribution is -3.14. The number of anilines is 2. The van der Waals surface area contributed by atoms with E-state index in [1.54, 1.807) is 25.7 Å². The fourth-order valence-corrected chi connectivity index (χ4v) is 3.17. The second-order valence-corrected chi connectivity index (χ2v) is 7.36. The van der Waals surface area contributed by atoms with E-state index in [9.17, 15) is 14.0 Å². The molecule has 0 fully saturated rings. The summed E-state index contributed by atoms with van der Waals surface area (Å²) in [5.74, 6) is -0.970. The molecule has 0 aliphatic heterocycles. The number of carbonyl (C=O) groups excluding carboxylic acids is 2. The van der Waals surface area contributed by atoms with Crippen LogP contribution in [0.2, 0.25) is 5.02 Å². The second-order valence-electron chi connectivity index (χ2n) is 6.11. The largest absolute Gasteiger partial charge is 0.320 e. The lowest BCUT2D eigenvalue weighted by atomic mass is 10.2. The van der Waals surface area contributed by atoms with Gasteiger partial charge < -0.3 is 15.5 Å². The zero-order valence-corrected chi connectivity index (χ0v) is 16.9. The first-order valence-corrected chi connectivity index (χ1v) is 9.93. The molecule has 2 aromatic carbocycles. The van der Waals surface area contributed by atoms with Gasteiger partial charge in [0.05, 0.1) is 23.4 Å². The molecule has 2 amide bonds. The van der Waals surface area contributed by atoms with Crippen LogP contribution in [0.1, 0.15) is 6.92 Å².